The zero-order valence-electron chi connectivity index (χ0n) is 17.1. The Kier molecular flexibility index (Phi) is 3.08. The molecule has 0 radical (unpaired) electrons. The molecule has 0 atom stereocenters. The van der Waals surface area contributed by atoms with Gasteiger partial charge in [0.1, 0.15) is 0 Å². The van der Waals surface area contributed by atoms with Crippen molar-refractivity contribution in [2.24, 2.45) is 0 Å². The molecule has 2 nitrogen and oxygen atoms in total. The minimum absolute atomic E-state index is 1.29. The largest absolute Gasteiger partial charge is 0.305 e. The predicted molar refractivity (Wildman–Crippen MR) is 154 cm³/mol. The number of nitrogens with zero attached hydrogens (tertiary/aromatic N) is 2. The van der Waals surface area contributed by atoms with Gasteiger partial charge in [0.2, 0.25) is 0 Å². The van der Waals surface area contributed by atoms with Gasteiger partial charge in [-0.2, -0.15) is 0 Å². The average Bonchev–Trinajstić information content (AvgIpc) is 3.55. The minimum atomic E-state index is 1.29. The lowest BCUT2D eigenvalue weighted by Gasteiger charge is -2.02. The molecule has 0 spiro atoms. The first-order valence-corrected chi connectivity index (χ1v) is 13.5. The fraction of sp³-hybridized carbons (Fsp3) is 0. The van der Waals surface area contributed by atoms with Gasteiger partial charge in [-0.15, -0.1) is 22.7 Å². The summed E-state index contributed by atoms with van der Waals surface area (Å²) in [5, 5.41) is 8.17. The quantitative estimate of drug-likeness (QED) is 0.161. The lowest BCUT2D eigenvalue weighted by atomic mass is 10.1. The van der Waals surface area contributed by atoms with Crippen LogP contribution in [0.4, 0.5) is 0 Å². The Morgan fingerprint density at radius 2 is 1.12 bits per heavy atom. The van der Waals surface area contributed by atoms with Crippen molar-refractivity contribution in [1.82, 2.24) is 7.18 Å². The molecule has 4 aromatic carbocycles. The summed E-state index contributed by atoms with van der Waals surface area (Å²) < 4.78 is 10.4. The second-order valence-corrected chi connectivity index (χ2v) is 11.8. The second kappa shape index (κ2) is 5.78. The molecule has 5 aromatic heterocycles. The van der Waals surface area contributed by atoms with E-state index in [1.54, 1.807) is 0 Å². The molecule has 0 N–H and O–H groups in total. The molecule has 0 saturated carbocycles. The Balaban J connectivity index is 1.82. The summed E-state index contributed by atoms with van der Waals surface area (Å²) in [6.45, 7) is 0. The topological polar surface area (TPSA) is 9.34 Å². The summed E-state index contributed by atoms with van der Waals surface area (Å²) in [5.74, 6) is 0. The smallest absolute Gasteiger partial charge is 0.0728 e. The van der Waals surface area contributed by atoms with Crippen molar-refractivity contribution < 1.29 is 0 Å². The summed E-state index contributed by atoms with van der Waals surface area (Å²) in [7, 11) is 0. The lowest BCUT2D eigenvalue weighted by molar-refractivity contribution is 1.39. The first-order chi connectivity index (χ1) is 16.3. The van der Waals surface area contributed by atoms with Crippen LogP contribution in [-0.4, -0.2) is 7.18 Å². The van der Waals surface area contributed by atoms with Gasteiger partial charge < -0.3 is 4.40 Å². The molecule has 9 rings (SSSR count). The predicted octanol–water partition coefficient (Wildman–Crippen LogP) is 9.57. The van der Waals surface area contributed by atoms with Gasteiger partial charge in [-0.1, -0.05) is 48.5 Å². The lowest BCUT2D eigenvalue weighted by Crippen LogP contribution is -1.85. The summed E-state index contributed by atoms with van der Waals surface area (Å²) in [6.07, 6.45) is 0. The molecule has 0 amide bonds. The molecular weight excluding hydrogens is 555 g/mol. The molecule has 0 aliphatic carbocycles. The monoisotopic (exact) mass is 568 g/mol. The number of hydrogen-bond donors (Lipinski definition) is 0. The Morgan fingerprint density at radius 3 is 1.85 bits per heavy atom. The van der Waals surface area contributed by atoms with Gasteiger partial charge >= 0.3 is 0 Å². The number of thiophene rings is 2. The normalized spacial score (nSPS) is 13.0. The minimum Gasteiger partial charge on any atom is -0.305 e. The van der Waals surface area contributed by atoms with Gasteiger partial charge in [-0.25, -0.2) is 0 Å². The maximum atomic E-state index is 2.61. The number of aromatic nitrogens is 2. The third-order valence-electron chi connectivity index (χ3n) is 7.17. The van der Waals surface area contributed by atoms with E-state index < -0.39 is 0 Å². The Bertz CT molecular complexity index is 2260. The van der Waals surface area contributed by atoms with Crippen LogP contribution in [0.15, 0.2) is 78.9 Å². The van der Waals surface area contributed by atoms with E-state index >= 15 is 0 Å². The van der Waals surface area contributed by atoms with Gasteiger partial charge in [-0.3, -0.25) is 2.78 Å². The van der Waals surface area contributed by atoms with Gasteiger partial charge in [0.25, 0.3) is 0 Å². The Morgan fingerprint density at radius 1 is 0.515 bits per heavy atom. The van der Waals surface area contributed by atoms with E-state index in [-0.39, 0.29) is 0 Å². The van der Waals surface area contributed by atoms with Crippen LogP contribution in [0, 0.1) is 0 Å². The van der Waals surface area contributed by atoms with Crippen LogP contribution in [0.2, 0.25) is 0 Å². The first kappa shape index (κ1) is 17.6. The summed E-state index contributed by atoms with van der Waals surface area (Å²) >= 11 is 6.33. The molecule has 0 aliphatic heterocycles. The van der Waals surface area contributed by atoms with Crippen molar-refractivity contribution in [1.29, 1.82) is 0 Å². The molecule has 0 bridgehead atoms. The molecule has 0 saturated heterocycles. The van der Waals surface area contributed by atoms with E-state index in [1.807, 2.05) is 22.7 Å². The van der Waals surface area contributed by atoms with E-state index in [0.29, 0.717) is 0 Å². The third-order valence-corrected chi connectivity index (χ3v) is 10.6. The van der Waals surface area contributed by atoms with Gasteiger partial charge in [0, 0.05) is 41.7 Å². The van der Waals surface area contributed by atoms with E-state index in [2.05, 4.69) is 109 Å². The van der Waals surface area contributed by atoms with Crippen molar-refractivity contribution in [3.8, 4) is 0 Å². The van der Waals surface area contributed by atoms with Gasteiger partial charge in [0.05, 0.1) is 59.8 Å². The van der Waals surface area contributed by atoms with Crippen LogP contribution in [-0.2, 0) is 0 Å². The fourth-order valence-electron chi connectivity index (χ4n) is 5.90. The van der Waals surface area contributed by atoms with Crippen molar-refractivity contribution >= 4 is 124 Å². The number of benzene rings is 4. The summed E-state index contributed by atoms with van der Waals surface area (Å²) in [5.41, 5.74) is 6.64. The van der Waals surface area contributed by atoms with Crippen molar-refractivity contribution in [3.63, 3.8) is 0 Å². The highest BCUT2D eigenvalue weighted by Crippen LogP contribution is 2.50. The van der Waals surface area contributed by atoms with Crippen LogP contribution < -0.4 is 0 Å². The SMILES string of the molecule is In1c2cccc3c4sc5ccccc5c4n4c5c6ccccc6sc5c5ccc1c(c32)c54. The number of fused-ring (bicyclic) bond motifs is 10. The molecule has 154 valence electrons. The zero-order chi connectivity index (χ0) is 21.4. The van der Waals surface area contributed by atoms with Gasteiger partial charge in [-0.05, 0) is 30.3 Å². The molecule has 33 heavy (non-hydrogen) atoms. The molecular formula is C28H13IN2S2. The summed E-state index contributed by atoms with van der Waals surface area (Å²) in [4.78, 5) is 0. The molecule has 5 heteroatoms. The molecule has 0 aliphatic rings. The van der Waals surface area contributed by atoms with E-state index in [0.717, 1.165) is 0 Å². The average molecular weight is 568 g/mol. The molecule has 9 aromatic rings. The second-order valence-electron chi connectivity index (χ2n) is 8.72. The highest BCUT2D eigenvalue weighted by molar-refractivity contribution is 14.1. The van der Waals surface area contributed by atoms with Crippen molar-refractivity contribution in [2.75, 3.05) is 0 Å². The Labute approximate surface area is 209 Å². The number of rotatable bonds is 0. The van der Waals surface area contributed by atoms with Crippen LogP contribution in [0.25, 0.3) is 78.7 Å². The van der Waals surface area contributed by atoms with E-state index in [1.165, 1.54) is 78.7 Å². The van der Waals surface area contributed by atoms with Crippen molar-refractivity contribution in [3.05, 3.63) is 78.9 Å². The highest BCUT2D eigenvalue weighted by Gasteiger charge is 2.25. The van der Waals surface area contributed by atoms with E-state index in [4.69, 9.17) is 0 Å². The number of hydrogen-bond acceptors (Lipinski definition) is 2. The maximum Gasteiger partial charge on any atom is 0.0728 e. The van der Waals surface area contributed by atoms with Crippen LogP contribution in [0.3, 0.4) is 0 Å². The molecule has 0 unspecified atom stereocenters. The summed E-state index contributed by atoms with van der Waals surface area (Å²) in [6, 6.07) is 29.2. The molecule has 5 heterocycles. The first-order valence-electron chi connectivity index (χ1n) is 10.9. The van der Waals surface area contributed by atoms with Gasteiger partial charge in [0.15, 0.2) is 0 Å². The standard InChI is InChI=1S/C28H13IN2S2/c29-31-18-9-5-8-16-22(18)23-19(31)13-12-17-24(23)30(25-14-6-1-3-10-20(14)32-27(16)25)26-15-7-2-4-11-21(15)33-28(17)26/h1-13H. The van der Waals surface area contributed by atoms with Crippen molar-refractivity contribution in [2.45, 2.75) is 0 Å². The maximum absolute atomic E-state index is 2.61. The van der Waals surface area contributed by atoms with Crippen LogP contribution in [0.5, 0.6) is 0 Å². The number of halogens is 1. The molecule has 0 fully saturated rings. The third kappa shape index (κ3) is 1.90. The zero-order valence-corrected chi connectivity index (χ0v) is 20.9. The van der Waals surface area contributed by atoms with E-state index in [9.17, 15) is 0 Å². The van der Waals surface area contributed by atoms with Crippen LogP contribution >= 0.6 is 45.5 Å². The van der Waals surface area contributed by atoms with Crippen LogP contribution in [0.1, 0.15) is 0 Å². The fourth-order valence-corrected chi connectivity index (χ4v) is 9.14. The Hall–Kier alpha value is -2.87. The highest BCUT2D eigenvalue weighted by atomic mass is 127.